The molecule has 3 atom stereocenters. The summed E-state index contributed by atoms with van der Waals surface area (Å²) in [6.07, 6.45) is -9.16. The summed E-state index contributed by atoms with van der Waals surface area (Å²) in [6.45, 7) is 0.599. The Balaban J connectivity index is 2.14. The van der Waals surface area contributed by atoms with E-state index in [2.05, 4.69) is 10.4 Å². The fourth-order valence-electron chi connectivity index (χ4n) is 2.29. The molecule has 0 saturated heterocycles. The molecule has 1 aliphatic heterocycles. The number of nitrogens with one attached hydrogen (secondary N) is 2. The van der Waals surface area contributed by atoms with Crippen molar-refractivity contribution >= 4 is 11.7 Å². The molecule has 1 amide bonds. The van der Waals surface area contributed by atoms with Crippen molar-refractivity contribution in [2.45, 2.75) is 44.1 Å². The van der Waals surface area contributed by atoms with Gasteiger partial charge in [0, 0.05) is 6.04 Å². The van der Waals surface area contributed by atoms with Gasteiger partial charge in [-0.15, -0.1) is 0 Å². The minimum Gasteiger partial charge on any atom is -0.382 e. The summed E-state index contributed by atoms with van der Waals surface area (Å²) < 4.78 is 63.6. The topological polar surface area (TPSA) is 79.2 Å². The third kappa shape index (κ3) is 3.71. The van der Waals surface area contributed by atoms with Crippen LogP contribution < -0.4 is 10.6 Å². The predicted molar refractivity (Wildman–Crippen MR) is 69.4 cm³/mol. The lowest BCUT2D eigenvalue weighted by Gasteiger charge is -2.30. The zero-order valence-electron chi connectivity index (χ0n) is 11.9. The third-order valence-corrected chi connectivity index (χ3v) is 3.46. The highest BCUT2D eigenvalue weighted by Crippen LogP contribution is 2.33. The van der Waals surface area contributed by atoms with Crippen LogP contribution in [0, 0.1) is 0 Å². The maximum Gasteiger partial charge on any atom is 0.416 e. The average molecular weight is 342 g/mol. The SMILES string of the molecule is C[C@@H]1C[C@H](C(F)F)n2ncc(C(=O)NC[C@H](O)C(F)(F)F)c2N1. The Morgan fingerprint density at radius 3 is 2.78 bits per heavy atom. The summed E-state index contributed by atoms with van der Waals surface area (Å²) >= 11 is 0. The number of aliphatic hydroxyl groups excluding tert-OH is 1. The van der Waals surface area contributed by atoms with E-state index in [-0.39, 0.29) is 23.8 Å². The zero-order valence-corrected chi connectivity index (χ0v) is 11.9. The van der Waals surface area contributed by atoms with Crippen LogP contribution in [-0.4, -0.2) is 52.1 Å². The van der Waals surface area contributed by atoms with Crippen molar-refractivity contribution in [3.8, 4) is 0 Å². The molecular formula is C12H15F5N4O2. The van der Waals surface area contributed by atoms with Crippen LogP contribution in [0.1, 0.15) is 29.7 Å². The molecule has 0 fully saturated rings. The number of rotatable bonds is 4. The standard InChI is InChI=1S/C12H15F5N4O2/c1-5-2-7(9(13)14)21-10(20-5)6(3-19-21)11(23)18-4-8(22)12(15,16)17/h3,5,7-9,20,22H,2,4H2,1H3,(H,18,23)/t5-,7-,8+/m1/s1. The number of hydrogen-bond acceptors (Lipinski definition) is 4. The van der Waals surface area contributed by atoms with E-state index in [4.69, 9.17) is 5.11 Å². The van der Waals surface area contributed by atoms with Crippen molar-refractivity contribution in [1.29, 1.82) is 0 Å². The molecule has 0 saturated carbocycles. The van der Waals surface area contributed by atoms with Gasteiger partial charge in [0.25, 0.3) is 12.3 Å². The van der Waals surface area contributed by atoms with Gasteiger partial charge in [0.2, 0.25) is 0 Å². The highest BCUT2D eigenvalue weighted by molar-refractivity contribution is 5.98. The van der Waals surface area contributed by atoms with Crippen LogP contribution in [0.25, 0.3) is 0 Å². The number of carbonyl (C=O) groups excluding carboxylic acids is 1. The van der Waals surface area contributed by atoms with Gasteiger partial charge < -0.3 is 15.7 Å². The monoisotopic (exact) mass is 342 g/mol. The molecule has 6 nitrogen and oxygen atoms in total. The molecule has 1 aromatic heterocycles. The lowest BCUT2D eigenvalue weighted by Crippen LogP contribution is -2.41. The number of nitrogens with zero attached hydrogens (tertiary/aromatic N) is 2. The highest BCUT2D eigenvalue weighted by atomic mass is 19.4. The van der Waals surface area contributed by atoms with E-state index in [1.165, 1.54) is 0 Å². The van der Waals surface area contributed by atoms with E-state index in [1.54, 1.807) is 6.92 Å². The number of hydrogen-bond donors (Lipinski definition) is 3. The van der Waals surface area contributed by atoms with E-state index in [0.29, 0.717) is 0 Å². The second-order valence-electron chi connectivity index (χ2n) is 5.30. The number of alkyl halides is 5. The van der Waals surface area contributed by atoms with Gasteiger partial charge in [0.1, 0.15) is 17.4 Å². The highest BCUT2D eigenvalue weighted by Gasteiger charge is 2.39. The molecule has 0 aliphatic carbocycles. The van der Waals surface area contributed by atoms with Crippen LogP contribution in [0.15, 0.2) is 6.20 Å². The first-order chi connectivity index (χ1) is 10.6. The average Bonchev–Trinajstić information content (AvgIpc) is 2.85. The minimum atomic E-state index is -4.86. The minimum absolute atomic E-state index is 0.0213. The fourth-order valence-corrected chi connectivity index (χ4v) is 2.29. The molecule has 0 radical (unpaired) electrons. The van der Waals surface area contributed by atoms with Crippen molar-refractivity contribution in [3.05, 3.63) is 11.8 Å². The summed E-state index contributed by atoms with van der Waals surface area (Å²) in [7, 11) is 0. The van der Waals surface area contributed by atoms with Gasteiger partial charge in [-0.3, -0.25) is 4.79 Å². The second kappa shape index (κ2) is 6.30. The van der Waals surface area contributed by atoms with Crippen LogP contribution in [-0.2, 0) is 0 Å². The predicted octanol–water partition coefficient (Wildman–Crippen LogP) is 1.55. The van der Waals surface area contributed by atoms with Crippen molar-refractivity contribution < 1.29 is 31.9 Å². The number of carbonyl (C=O) groups is 1. The molecule has 23 heavy (non-hydrogen) atoms. The molecular weight excluding hydrogens is 327 g/mol. The lowest BCUT2D eigenvalue weighted by atomic mass is 10.1. The van der Waals surface area contributed by atoms with Crippen molar-refractivity contribution in [2.24, 2.45) is 0 Å². The van der Waals surface area contributed by atoms with Crippen LogP contribution in [0.2, 0.25) is 0 Å². The van der Waals surface area contributed by atoms with Gasteiger partial charge in [0.15, 0.2) is 6.10 Å². The number of aromatic nitrogens is 2. The van der Waals surface area contributed by atoms with Gasteiger partial charge in [-0.1, -0.05) is 0 Å². The van der Waals surface area contributed by atoms with Crippen LogP contribution in [0.4, 0.5) is 27.8 Å². The molecule has 1 aliphatic rings. The number of amides is 1. The first-order valence-corrected chi connectivity index (χ1v) is 6.76. The molecule has 1 aromatic rings. The largest absolute Gasteiger partial charge is 0.416 e. The second-order valence-corrected chi connectivity index (χ2v) is 5.30. The smallest absolute Gasteiger partial charge is 0.382 e. The normalized spacial score (nSPS) is 22.4. The summed E-state index contributed by atoms with van der Waals surface area (Å²) in [4.78, 5) is 11.9. The molecule has 2 heterocycles. The van der Waals surface area contributed by atoms with Crippen molar-refractivity contribution in [1.82, 2.24) is 15.1 Å². The van der Waals surface area contributed by atoms with Gasteiger partial charge >= 0.3 is 6.18 Å². The molecule has 11 heteroatoms. The van der Waals surface area contributed by atoms with Gasteiger partial charge in [-0.2, -0.15) is 18.3 Å². The van der Waals surface area contributed by atoms with Crippen LogP contribution in [0.5, 0.6) is 0 Å². The third-order valence-electron chi connectivity index (χ3n) is 3.46. The van der Waals surface area contributed by atoms with E-state index in [0.717, 1.165) is 10.9 Å². The van der Waals surface area contributed by atoms with Crippen LogP contribution in [0.3, 0.4) is 0 Å². The summed E-state index contributed by atoms with van der Waals surface area (Å²) in [6, 6.07) is -1.57. The molecule has 3 N–H and O–H groups in total. The van der Waals surface area contributed by atoms with Crippen LogP contribution >= 0.6 is 0 Å². The maximum absolute atomic E-state index is 13.0. The number of aliphatic hydroxyl groups is 1. The Labute approximate surface area is 127 Å². The first kappa shape index (κ1) is 17.4. The van der Waals surface area contributed by atoms with Gasteiger partial charge in [0.05, 0.1) is 12.7 Å². The Morgan fingerprint density at radius 2 is 2.22 bits per heavy atom. The zero-order chi connectivity index (χ0) is 17.4. The Kier molecular flexibility index (Phi) is 4.78. The molecule has 0 spiro atoms. The van der Waals surface area contributed by atoms with Gasteiger partial charge in [-0.05, 0) is 13.3 Å². The molecule has 0 bridgehead atoms. The summed E-state index contributed by atoms with van der Waals surface area (Å²) in [5, 5.41) is 17.3. The quantitative estimate of drug-likeness (QED) is 0.726. The number of fused-ring (bicyclic) bond motifs is 1. The summed E-state index contributed by atoms with van der Waals surface area (Å²) in [5.74, 6) is -0.919. The number of anilines is 1. The number of halogens is 5. The molecule has 130 valence electrons. The molecule has 0 unspecified atom stereocenters. The first-order valence-electron chi connectivity index (χ1n) is 6.76. The molecule has 0 aromatic carbocycles. The van der Waals surface area contributed by atoms with E-state index >= 15 is 0 Å². The van der Waals surface area contributed by atoms with Gasteiger partial charge in [-0.25, -0.2) is 13.5 Å². The lowest BCUT2D eigenvalue weighted by molar-refractivity contribution is -0.201. The Morgan fingerprint density at radius 1 is 1.57 bits per heavy atom. The Bertz CT molecular complexity index is 574. The van der Waals surface area contributed by atoms with E-state index < -0.39 is 37.2 Å². The van der Waals surface area contributed by atoms with Crippen molar-refractivity contribution in [2.75, 3.05) is 11.9 Å². The maximum atomic E-state index is 13.0. The molecule has 2 rings (SSSR count). The fraction of sp³-hybridized carbons (Fsp3) is 0.667. The van der Waals surface area contributed by atoms with E-state index in [1.807, 2.05) is 5.32 Å². The van der Waals surface area contributed by atoms with E-state index in [9.17, 15) is 26.7 Å². The van der Waals surface area contributed by atoms with Crippen molar-refractivity contribution in [3.63, 3.8) is 0 Å². The summed E-state index contributed by atoms with van der Waals surface area (Å²) in [5.41, 5.74) is -0.156. The Hall–Kier alpha value is -1.91.